The molecule has 0 radical (unpaired) electrons. The highest BCUT2D eigenvalue weighted by atomic mass is 79.9. The maximum atomic E-state index is 12.2. The Bertz CT molecular complexity index is 719. The van der Waals surface area contributed by atoms with Crippen molar-refractivity contribution in [3.63, 3.8) is 0 Å². The molecule has 0 bridgehead atoms. The highest BCUT2D eigenvalue weighted by Gasteiger charge is 2.21. The van der Waals surface area contributed by atoms with E-state index in [1.165, 1.54) is 0 Å². The van der Waals surface area contributed by atoms with Gasteiger partial charge in [-0.25, -0.2) is 9.78 Å². The molecule has 124 valence electrons. The molecule has 0 unspecified atom stereocenters. The lowest BCUT2D eigenvalue weighted by Crippen LogP contribution is -2.50. The number of benzene rings is 1. The number of nitrogens with one attached hydrogen (secondary N) is 2. The Kier molecular flexibility index (Phi) is 5.84. The fourth-order valence-corrected chi connectivity index (χ4v) is 2.75. The number of nitrogens with zero attached hydrogens (tertiary/aromatic N) is 1. The summed E-state index contributed by atoms with van der Waals surface area (Å²) >= 11 is 9.45. The molecule has 2 amide bonds. The van der Waals surface area contributed by atoms with Crippen molar-refractivity contribution in [1.29, 1.82) is 0 Å². The second-order valence-electron chi connectivity index (χ2n) is 5.53. The molecular formula is C16H20BrClN4O. The molecule has 23 heavy (non-hydrogen) atoms. The van der Waals surface area contributed by atoms with Crippen molar-refractivity contribution in [2.75, 3.05) is 11.9 Å². The number of nitrogens with two attached hydrogens (primary N) is 1. The van der Waals surface area contributed by atoms with Gasteiger partial charge in [-0.15, -0.1) is 0 Å². The maximum absolute atomic E-state index is 12.2. The Morgan fingerprint density at radius 3 is 2.70 bits per heavy atom. The number of fused-ring (bicyclic) bond motifs is 1. The Labute approximate surface area is 149 Å². The van der Waals surface area contributed by atoms with Crippen molar-refractivity contribution in [2.45, 2.75) is 32.2 Å². The first-order valence-corrected chi connectivity index (χ1v) is 8.63. The number of pyridine rings is 1. The number of rotatable bonds is 5. The predicted octanol–water partition coefficient (Wildman–Crippen LogP) is 4.29. The third-order valence-corrected chi connectivity index (χ3v) is 4.68. The molecule has 0 fully saturated rings. The molecule has 5 nitrogen and oxygen atoms in total. The molecule has 0 spiro atoms. The summed E-state index contributed by atoms with van der Waals surface area (Å²) < 4.78 is 0.899. The van der Waals surface area contributed by atoms with Crippen LogP contribution in [-0.2, 0) is 0 Å². The number of halogens is 2. The van der Waals surface area contributed by atoms with Crippen molar-refractivity contribution in [3.8, 4) is 0 Å². The van der Waals surface area contributed by atoms with Crippen molar-refractivity contribution in [3.05, 3.63) is 33.9 Å². The van der Waals surface area contributed by atoms with E-state index >= 15 is 0 Å². The summed E-state index contributed by atoms with van der Waals surface area (Å²) in [5.41, 5.74) is 7.12. The van der Waals surface area contributed by atoms with Gasteiger partial charge in [0.25, 0.3) is 0 Å². The van der Waals surface area contributed by atoms with Crippen LogP contribution >= 0.6 is 27.5 Å². The van der Waals surface area contributed by atoms with Gasteiger partial charge < -0.3 is 16.4 Å². The number of aromatic nitrogens is 1. The highest BCUT2D eigenvalue weighted by Crippen LogP contribution is 2.28. The van der Waals surface area contributed by atoms with Crippen LogP contribution in [0.25, 0.3) is 10.9 Å². The molecule has 0 aliphatic carbocycles. The lowest BCUT2D eigenvalue weighted by molar-refractivity contribution is 0.247. The summed E-state index contributed by atoms with van der Waals surface area (Å²) in [5, 5.41) is 6.78. The molecule has 0 saturated carbocycles. The van der Waals surface area contributed by atoms with E-state index in [-0.39, 0.29) is 6.03 Å². The molecule has 1 aromatic heterocycles. The van der Waals surface area contributed by atoms with Crippen LogP contribution in [0.5, 0.6) is 0 Å². The van der Waals surface area contributed by atoms with E-state index in [2.05, 4.69) is 31.5 Å². The third-order valence-electron chi connectivity index (χ3n) is 4.00. The van der Waals surface area contributed by atoms with Gasteiger partial charge in [-0.2, -0.15) is 0 Å². The zero-order valence-corrected chi connectivity index (χ0v) is 15.5. The monoisotopic (exact) mass is 398 g/mol. The predicted molar refractivity (Wildman–Crippen MR) is 99.0 cm³/mol. The zero-order valence-electron chi connectivity index (χ0n) is 13.1. The number of anilines is 1. The standard InChI is InChI=1S/C16H20BrClN4O/c1-3-16(19,4-2)9-20-15(23)22-13-8-14(18)21-12-6-5-10(17)7-11(12)13/h5-8H,3-4,9,19H2,1-2H3,(H2,20,21,22,23). The SMILES string of the molecule is CCC(N)(CC)CNC(=O)Nc1cc(Cl)nc2ccc(Br)cc12. The Morgan fingerprint density at radius 2 is 2.04 bits per heavy atom. The topological polar surface area (TPSA) is 80.0 Å². The highest BCUT2D eigenvalue weighted by molar-refractivity contribution is 9.10. The number of urea groups is 1. The first kappa shape index (κ1) is 18.0. The smallest absolute Gasteiger partial charge is 0.319 e. The first-order chi connectivity index (χ1) is 10.9. The van der Waals surface area contributed by atoms with E-state index < -0.39 is 5.54 Å². The van der Waals surface area contributed by atoms with E-state index in [4.69, 9.17) is 17.3 Å². The summed E-state index contributed by atoms with van der Waals surface area (Å²) in [7, 11) is 0. The zero-order chi connectivity index (χ0) is 17.0. The van der Waals surface area contributed by atoms with Crippen LogP contribution in [0, 0.1) is 0 Å². The molecule has 7 heteroatoms. The molecule has 0 saturated heterocycles. The summed E-state index contributed by atoms with van der Waals surface area (Å²) in [4.78, 5) is 16.4. The van der Waals surface area contributed by atoms with Crippen molar-refractivity contribution < 1.29 is 4.79 Å². The fourth-order valence-electron chi connectivity index (χ4n) is 2.19. The summed E-state index contributed by atoms with van der Waals surface area (Å²) in [6, 6.07) is 6.92. The van der Waals surface area contributed by atoms with Gasteiger partial charge in [0.15, 0.2) is 0 Å². The van der Waals surface area contributed by atoms with Gasteiger partial charge >= 0.3 is 6.03 Å². The van der Waals surface area contributed by atoms with Gasteiger partial charge in [0.2, 0.25) is 0 Å². The maximum Gasteiger partial charge on any atom is 0.319 e. The molecule has 0 atom stereocenters. The minimum absolute atomic E-state index is 0.315. The van der Waals surface area contributed by atoms with E-state index in [0.29, 0.717) is 22.9 Å². The normalized spacial score (nSPS) is 11.5. The molecule has 2 rings (SSSR count). The van der Waals surface area contributed by atoms with Gasteiger partial charge in [-0.05, 0) is 37.1 Å². The molecule has 0 aliphatic heterocycles. The largest absolute Gasteiger partial charge is 0.336 e. The number of carbonyl (C=O) groups excluding carboxylic acids is 1. The average molecular weight is 400 g/mol. The Morgan fingerprint density at radius 1 is 1.35 bits per heavy atom. The van der Waals surface area contributed by atoms with Gasteiger partial charge in [-0.3, -0.25) is 0 Å². The first-order valence-electron chi connectivity index (χ1n) is 7.46. The average Bonchev–Trinajstić information content (AvgIpc) is 2.53. The Hall–Kier alpha value is -1.37. The lowest BCUT2D eigenvalue weighted by atomic mass is 9.94. The molecule has 4 N–H and O–H groups in total. The number of carbonyl (C=O) groups is 1. The van der Waals surface area contributed by atoms with Crippen LogP contribution < -0.4 is 16.4 Å². The van der Waals surface area contributed by atoms with Gasteiger partial charge in [-0.1, -0.05) is 41.4 Å². The van der Waals surface area contributed by atoms with E-state index in [0.717, 1.165) is 22.7 Å². The second kappa shape index (κ2) is 7.47. The van der Waals surface area contributed by atoms with Gasteiger partial charge in [0, 0.05) is 21.9 Å². The Balaban J connectivity index is 2.18. The van der Waals surface area contributed by atoms with Crippen LogP contribution in [0.1, 0.15) is 26.7 Å². The van der Waals surface area contributed by atoms with Crippen molar-refractivity contribution in [1.82, 2.24) is 10.3 Å². The molecule has 1 heterocycles. The number of amides is 2. The summed E-state index contributed by atoms with van der Waals surface area (Å²) in [5.74, 6) is 0. The molecule has 0 aliphatic rings. The van der Waals surface area contributed by atoms with Crippen LogP contribution in [0.3, 0.4) is 0 Å². The quantitative estimate of drug-likeness (QED) is 0.656. The molecular weight excluding hydrogens is 380 g/mol. The van der Waals surface area contributed by atoms with E-state index in [1.54, 1.807) is 6.07 Å². The molecule has 1 aromatic carbocycles. The minimum atomic E-state index is -0.391. The van der Waals surface area contributed by atoms with Crippen LogP contribution in [0.2, 0.25) is 5.15 Å². The molecule has 2 aromatic rings. The second-order valence-corrected chi connectivity index (χ2v) is 6.83. The van der Waals surface area contributed by atoms with Crippen molar-refractivity contribution in [2.24, 2.45) is 5.73 Å². The van der Waals surface area contributed by atoms with Gasteiger partial charge in [0.1, 0.15) is 5.15 Å². The summed E-state index contributed by atoms with van der Waals surface area (Å²) in [6.45, 7) is 4.43. The fraction of sp³-hybridized carbons (Fsp3) is 0.375. The minimum Gasteiger partial charge on any atom is -0.336 e. The van der Waals surface area contributed by atoms with Crippen LogP contribution in [0.15, 0.2) is 28.7 Å². The van der Waals surface area contributed by atoms with E-state index in [9.17, 15) is 4.79 Å². The van der Waals surface area contributed by atoms with Crippen molar-refractivity contribution >= 4 is 50.2 Å². The van der Waals surface area contributed by atoms with Gasteiger partial charge in [0.05, 0.1) is 11.2 Å². The van der Waals surface area contributed by atoms with Crippen LogP contribution in [0.4, 0.5) is 10.5 Å². The lowest BCUT2D eigenvalue weighted by Gasteiger charge is -2.26. The van der Waals surface area contributed by atoms with E-state index in [1.807, 2.05) is 32.0 Å². The third kappa shape index (κ3) is 4.56. The number of hydrogen-bond donors (Lipinski definition) is 3. The van der Waals surface area contributed by atoms with Crippen LogP contribution in [-0.4, -0.2) is 23.1 Å². The number of hydrogen-bond acceptors (Lipinski definition) is 3. The summed E-state index contributed by atoms with van der Waals surface area (Å²) in [6.07, 6.45) is 1.58.